The molecule has 0 unspecified atom stereocenters. The number of para-hydroxylation sites is 1. The first-order valence-electron chi connectivity index (χ1n) is 11.1. The van der Waals surface area contributed by atoms with E-state index in [2.05, 4.69) is 15.6 Å². The van der Waals surface area contributed by atoms with Gasteiger partial charge in [0.15, 0.2) is 0 Å². The van der Waals surface area contributed by atoms with Crippen molar-refractivity contribution in [3.8, 4) is 0 Å². The number of carbonyl (C=O) groups excluding carboxylic acids is 1. The number of nitrogens with zero attached hydrogens (tertiary/aromatic N) is 2. The molecule has 0 saturated heterocycles. The maximum atomic E-state index is 13.9. The first-order chi connectivity index (χ1) is 16.1. The van der Waals surface area contributed by atoms with Crippen molar-refractivity contribution < 1.29 is 22.4 Å². The Labute approximate surface area is 195 Å². The fraction of sp³-hybridized carbons (Fsp3) is 0.360. The number of pyridine rings is 1. The maximum Gasteiger partial charge on any atom is 0.433 e. The van der Waals surface area contributed by atoms with E-state index in [0.29, 0.717) is 42.4 Å². The maximum absolute atomic E-state index is 13.9. The van der Waals surface area contributed by atoms with Crippen LogP contribution in [0.1, 0.15) is 41.7 Å². The highest BCUT2D eigenvalue weighted by Gasteiger charge is 2.34. The van der Waals surface area contributed by atoms with Gasteiger partial charge in [-0.25, -0.2) is 9.37 Å². The van der Waals surface area contributed by atoms with Crippen LogP contribution >= 0.6 is 0 Å². The summed E-state index contributed by atoms with van der Waals surface area (Å²) in [6.45, 7) is 0. The Morgan fingerprint density at radius 3 is 2.35 bits per heavy atom. The zero-order valence-corrected chi connectivity index (χ0v) is 18.9. The molecule has 0 spiro atoms. The van der Waals surface area contributed by atoms with Gasteiger partial charge in [0.1, 0.15) is 11.5 Å². The zero-order chi connectivity index (χ0) is 24.5. The second-order valence-electron chi connectivity index (χ2n) is 8.83. The van der Waals surface area contributed by atoms with Gasteiger partial charge in [-0.1, -0.05) is 18.2 Å². The van der Waals surface area contributed by atoms with Crippen LogP contribution in [0.5, 0.6) is 0 Å². The summed E-state index contributed by atoms with van der Waals surface area (Å²) in [5.41, 5.74) is 0.615. The van der Waals surface area contributed by atoms with E-state index in [4.69, 9.17) is 0 Å². The molecule has 2 aromatic carbocycles. The van der Waals surface area contributed by atoms with Gasteiger partial charge in [-0.15, -0.1) is 0 Å². The summed E-state index contributed by atoms with van der Waals surface area (Å²) in [5.74, 6) is -0.819. The number of aromatic nitrogens is 1. The predicted octanol–water partition coefficient (Wildman–Crippen LogP) is 5.61. The van der Waals surface area contributed by atoms with Crippen molar-refractivity contribution in [3.05, 3.63) is 65.6 Å². The highest BCUT2D eigenvalue weighted by Crippen LogP contribution is 2.34. The molecule has 0 bridgehead atoms. The highest BCUT2D eigenvalue weighted by molar-refractivity contribution is 5.95. The molecule has 2 N–H and O–H groups in total. The van der Waals surface area contributed by atoms with E-state index in [1.165, 1.54) is 12.1 Å². The zero-order valence-electron chi connectivity index (χ0n) is 18.9. The van der Waals surface area contributed by atoms with E-state index >= 15 is 0 Å². The molecule has 4 rings (SSSR count). The smallest absolute Gasteiger partial charge is 0.382 e. The third-order valence-electron chi connectivity index (χ3n) is 6.09. The van der Waals surface area contributed by atoms with Crippen LogP contribution in [0.15, 0.2) is 48.5 Å². The lowest BCUT2D eigenvalue weighted by atomic mass is 9.90. The molecule has 1 aromatic heterocycles. The Balaban J connectivity index is 1.41. The second kappa shape index (κ2) is 9.48. The number of amides is 1. The van der Waals surface area contributed by atoms with Gasteiger partial charge in [0.25, 0.3) is 5.91 Å². The number of fused-ring (bicyclic) bond motifs is 1. The molecule has 0 atom stereocenters. The second-order valence-corrected chi connectivity index (χ2v) is 8.83. The molecule has 1 aliphatic rings. The van der Waals surface area contributed by atoms with Gasteiger partial charge in [-0.3, -0.25) is 4.79 Å². The van der Waals surface area contributed by atoms with Crippen LogP contribution < -0.4 is 15.5 Å². The van der Waals surface area contributed by atoms with Crippen molar-refractivity contribution in [1.29, 1.82) is 0 Å². The van der Waals surface area contributed by atoms with Crippen LogP contribution in [0.2, 0.25) is 0 Å². The first kappa shape index (κ1) is 23.8. The van der Waals surface area contributed by atoms with Gasteiger partial charge < -0.3 is 15.5 Å². The Kier molecular flexibility index (Phi) is 6.63. The van der Waals surface area contributed by atoms with E-state index in [9.17, 15) is 22.4 Å². The molecule has 1 heterocycles. The molecule has 0 radical (unpaired) electrons. The largest absolute Gasteiger partial charge is 0.433 e. The third-order valence-corrected chi connectivity index (χ3v) is 6.09. The molecule has 0 aliphatic heterocycles. The Morgan fingerprint density at radius 2 is 1.68 bits per heavy atom. The number of alkyl halides is 3. The number of anilines is 2. The van der Waals surface area contributed by atoms with Gasteiger partial charge in [0, 0.05) is 48.5 Å². The van der Waals surface area contributed by atoms with Crippen molar-refractivity contribution >= 4 is 28.2 Å². The fourth-order valence-corrected chi connectivity index (χ4v) is 4.27. The topological polar surface area (TPSA) is 57.3 Å². The van der Waals surface area contributed by atoms with Crippen LogP contribution in [0, 0.1) is 5.82 Å². The Morgan fingerprint density at radius 1 is 1.00 bits per heavy atom. The standard InChI is InChI=1S/C25H26F4N4O/c1-33(2)19-12-15(11-16(26)13-19)24(34)31-18-9-7-17(8-10-18)30-22-14-23(25(27,28)29)32-21-6-4-3-5-20(21)22/h3-6,11-14,17-18H,7-10H2,1-2H3,(H,30,32)(H,31,34)/t17-,18+. The van der Waals surface area contributed by atoms with E-state index in [1.807, 2.05) is 0 Å². The van der Waals surface area contributed by atoms with E-state index in [0.717, 1.165) is 6.07 Å². The molecule has 180 valence electrons. The summed E-state index contributed by atoms with van der Waals surface area (Å²) in [6, 6.07) is 11.9. The lowest BCUT2D eigenvalue weighted by molar-refractivity contribution is -0.140. The van der Waals surface area contributed by atoms with Crippen LogP contribution in [0.3, 0.4) is 0 Å². The molecule has 1 fully saturated rings. The van der Waals surface area contributed by atoms with E-state index < -0.39 is 17.7 Å². The lowest BCUT2D eigenvalue weighted by Gasteiger charge is -2.31. The van der Waals surface area contributed by atoms with Crippen LogP contribution in [0.25, 0.3) is 10.9 Å². The highest BCUT2D eigenvalue weighted by atomic mass is 19.4. The average Bonchev–Trinajstić information content (AvgIpc) is 2.79. The lowest BCUT2D eigenvalue weighted by Crippen LogP contribution is -2.40. The number of halogens is 4. The Bertz CT molecular complexity index is 1190. The minimum atomic E-state index is -4.54. The number of hydrogen-bond donors (Lipinski definition) is 2. The summed E-state index contributed by atoms with van der Waals surface area (Å²) in [4.78, 5) is 18.1. The summed E-state index contributed by atoms with van der Waals surface area (Å²) in [7, 11) is 3.54. The molecular formula is C25H26F4N4O. The number of carbonyl (C=O) groups is 1. The number of nitrogens with one attached hydrogen (secondary N) is 2. The quantitative estimate of drug-likeness (QED) is 0.472. The first-order valence-corrected chi connectivity index (χ1v) is 11.1. The molecule has 5 nitrogen and oxygen atoms in total. The SMILES string of the molecule is CN(C)c1cc(F)cc(C(=O)N[C@H]2CC[C@@H](Nc3cc(C(F)(F)F)nc4ccccc34)CC2)c1. The minimum absolute atomic E-state index is 0.0328. The molecular weight excluding hydrogens is 448 g/mol. The minimum Gasteiger partial charge on any atom is -0.382 e. The van der Waals surface area contributed by atoms with Gasteiger partial charge in [-0.2, -0.15) is 13.2 Å². The predicted molar refractivity (Wildman–Crippen MR) is 125 cm³/mol. The Hall–Kier alpha value is -3.36. The summed E-state index contributed by atoms with van der Waals surface area (Å²) < 4.78 is 53.9. The van der Waals surface area contributed by atoms with Gasteiger partial charge in [0.2, 0.25) is 0 Å². The van der Waals surface area contributed by atoms with Gasteiger partial charge in [0.05, 0.1) is 5.52 Å². The van der Waals surface area contributed by atoms with Crippen molar-refractivity contribution in [2.75, 3.05) is 24.3 Å². The van der Waals surface area contributed by atoms with Crippen molar-refractivity contribution in [1.82, 2.24) is 10.3 Å². The number of hydrogen-bond acceptors (Lipinski definition) is 4. The van der Waals surface area contributed by atoms with Crippen LogP contribution in [-0.4, -0.2) is 37.1 Å². The molecule has 1 amide bonds. The van der Waals surface area contributed by atoms with Crippen LogP contribution in [0.4, 0.5) is 28.9 Å². The molecule has 9 heteroatoms. The van der Waals surface area contributed by atoms with Gasteiger partial charge in [-0.05, 0) is 56.0 Å². The van der Waals surface area contributed by atoms with Crippen molar-refractivity contribution in [2.24, 2.45) is 0 Å². The summed E-state index contributed by atoms with van der Waals surface area (Å²) in [5, 5.41) is 6.86. The summed E-state index contributed by atoms with van der Waals surface area (Å²) in [6.07, 6.45) is -1.86. The number of rotatable bonds is 5. The van der Waals surface area contributed by atoms with Crippen molar-refractivity contribution in [3.63, 3.8) is 0 Å². The van der Waals surface area contributed by atoms with Crippen LogP contribution in [-0.2, 0) is 6.18 Å². The fourth-order valence-electron chi connectivity index (χ4n) is 4.27. The average molecular weight is 475 g/mol. The normalized spacial score (nSPS) is 18.5. The van der Waals surface area contributed by atoms with Gasteiger partial charge >= 0.3 is 6.18 Å². The molecule has 3 aromatic rings. The number of benzene rings is 2. The summed E-state index contributed by atoms with van der Waals surface area (Å²) >= 11 is 0. The monoisotopic (exact) mass is 474 g/mol. The molecule has 1 aliphatic carbocycles. The third kappa shape index (κ3) is 5.40. The van der Waals surface area contributed by atoms with E-state index in [1.54, 1.807) is 49.3 Å². The van der Waals surface area contributed by atoms with Crippen molar-refractivity contribution in [2.45, 2.75) is 43.9 Å². The molecule has 34 heavy (non-hydrogen) atoms. The van der Waals surface area contributed by atoms with E-state index in [-0.39, 0.29) is 29.1 Å². The molecule has 1 saturated carbocycles.